The Hall–Kier alpha value is -2.92. The van der Waals surface area contributed by atoms with Crippen LogP contribution in [0.1, 0.15) is 28.4 Å². The van der Waals surface area contributed by atoms with Gasteiger partial charge in [0.05, 0.1) is 18.4 Å². The summed E-state index contributed by atoms with van der Waals surface area (Å²) in [5.41, 5.74) is 1.31. The van der Waals surface area contributed by atoms with Gasteiger partial charge in [0.25, 0.3) is 0 Å². The topological polar surface area (TPSA) is 145 Å². The number of rotatable bonds is 8. The minimum atomic E-state index is -3.49. The molecule has 2 rings (SSSR count). The zero-order valence-corrected chi connectivity index (χ0v) is 17.4. The van der Waals surface area contributed by atoms with E-state index in [1.807, 2.05) is 6.92 Å². The maximum absolute atomic E-state index is 12.8. The number of aromatic nitrogens is 2. The maximum Gasteiger partial charge on any atom is 0.503 e. The predicted octanol–water partition coefficient (Wildman–Crippen LogP) is 2.09. The van der Waals surface area contributed by atoms with E-state index >= 15 is 0 Å². The Balaban J connectivity index is 0.000000960. The summed E-state index contributed by atoms with van der Waals surface area (Å²) in [5, 5.41) is 18.0. The molecule has 0 saturated carbocycles. The fraction of sp³-hybridized carbons (Fsp3) is 0.389. The molecule has 0 aliphatic heterocycles. The van der Waals surface area contributed by atoms with Gasteiger partial charge < -0.3 is 19.7 Å². The standard InChI is InChI=1S/C17H22N2O5S.CH2O3/c1-5-19-11-13(10-18-19)16(20)14-6-7-15(25(4,21)22)17(12(14)2)24-9-8-23-3;2-1(3)4/h6-7,10-11H,5,8-9H2,1-4H3;(H2,2,3,4). The summed E-state index contributed by atoms with van der Waals surface area (Å²) < 4.78 is 36.3. The van der Waals surface area contributed by atoms with Gasteiger partial charge in [0, 0.05) is 37.2 Å². The number of nitrogens with zero attached hydrogens (tertiary/aromatic N) is 2. The van der Waals surface area contributed by atoms with Crippen molar-refractivity contribution in [3.8, 4) is 5.75 Å². The maximum atomic E-state index is 12.8. The second-order valence-corrected chi connectivity index (χ2v) is 7.86. The normalized spacial score (nSPS) is 10.8. The van der Waals surface area contributed by atoms with E-state index in [0.717, 1.165) is 6.26 Å². The van der Waals surface area contributed by atoms with Gasteiger partial charge in [0.15, 0.2) is 15.6 Å². The van der Waals surface area contributed by atoms with Crippen LogP contribution >= 0.6 is 0 Å². The fourth-order valence-electron chi connectivity index (χ4n) is 2.42. The molecule has 1 heterocycles. The van der Waals surface area contributed by atoms with Crippen molar-refractivity contribution in [2.45, 2.75) is 25.3 Å². The number of carbonyl (C=O) groups excluding carboxylic acids is 1. The van der Waals surface area contributed by atoms with Crippen LogP contribution in [0.4, 0.5) is 4.79 Å². The smallest absolute Gasteiger partial charge is 0.490 e. The number of ether oxygens (including phenoxy) is 2. The SMILES string of the molecule is CCn1cc(C(=O)c2ccc(S(C)(=O)=O)c(OCCOC)c2C)cn1.O=C(O)O. The molecular weight excluding hydrogens is 404 g/mol. The van der Waals surface area contributed by atoms with E-state index in [-0.39, 0.29) is 23.0 Å². The number of ketones is 1. The molecule has 29 heavy (non-hydrogen) atoms. The minimum Gasteiger partial charge on any atom is -0.490 e. The van der Waals surface area contributed by atoms with Crippen LogP contribution in [0.25, 0.3) is 0 Å². The summed E-state index contributed by atoms with van der Waals surface area (Å²) in [6.07, 6.45) is 2.44. The van der Waals surface area contributed by atoms with E-state index in [4.69, 9.17) is 24.5 Å². The Labute approximate surface area is 168 Å². The van der Waals surface area contributed by atoms with Crippen molar-refractivity contribution in [1.29, 1.82) is 0 Å². The first kappa shape index (κ1) is 24.1. The third-order valence-corrected chi connectivity index (χ3v) is 4.89. The highest BCUT2D eigenvalue weighted by atomic mass is 32.2. The lowest BCUT2D eigenvalue weighted by molar-refractivity contribution is 0.103. The molecular formula is C18H24N2O8S. The second-order valence-electron chi connectivity index (χ2n) is 5.88. The van der Waals surface area contributed by atoms with Crippen molar-refractivity contribution in [1.82, 2.24) is 9.78 Å². The molecule has 2 N–H and O–H groups in total. The van der Waals surface area contributed by atoms with Crippen LogP contribution in [-0.2, 0) is 21.1 Å². The molecule has 0 bridgehead atoms. The quantitative estimate of drug-likeness (QED) is 0.477. The van der Waals surface area contributed by atoms with Crippen LogP contribution in [0.15, 0.2) is 29.4 Å². The number of methoxy groups -OCH3 is 1. The number of carbonyl (C=O) groups is 2. The van der Waals surface area contributed by atoms with E-state index in [2.05, 4.69) is 5.10 Å². The highest BCUT2D eigenvalue weighted by Gasteiger charge is 2.23. The third kappa shape index (κ3) is 6.88. The van der Waals surface area contributed by atoms with Gasteiger partial charge in [0.1, 0.15) is 17.3 Å². The van der Waals surface area contributed by atoms with Gasteiger partial charge in [-0.2, -0.15) is 5.10 Å². The second kappa shape index (κ2) is 10.6. The Morgan fingerprint density at radius 1 is 1.21 bits per heavy atom. The Morgan fingerprint density at radius 3 is 2.31 bits per heavy atom. The van der Waals surface area contributed by atoms with Crippen molar-refractivity contribution < 1.29 is 37.7 Å². The summed E-state index contributed by atoms with van der Waals surface area (Å²) in [5.74, 6) is -0.0397. The van der Waals surface area contributed by atoms with Crippen LogP contribution in [0.3, 0.4) is 0 Å². The highest BCUT2D eigenvalue weighted by Crippen LogP contribution is 2.31. The molecule has 10 nitrogen and oxygen atoms in total. The van der Waals surface area contributed by atoms with Gasteiger partial charge in [-0.05, 0) is 26.0 Å². The van der Waals surface area contributed by atoms with Crippen molar-refractivity contribution in [3.63, 3.8) is 0 Å². The fourth-order valence-corrected chi connectivity index (χ4v) is 3.28. The zero-order valence-electron chi connectivity index (χ0n) is 16.6. The molecule has 0 radical (unpaired) electrons. The molecule has 11 heteroatoms. The zero-order chi connectivity index (χ0) is 22.2. The van der Waals surface area contributed by atoms with Crippen molar-refractivity contribution >= 4 is 21.8 Å². The molecule has 1 aromatic heterocycles. The van der Waals surface area contributed by atoms with E-state index in [1.54, 1.807) is 17.8 Å². The minimum absolute atomic E-state index is 0.0573. The van der Waals surface area contributed by atoms with Crippen LogP contribution in [0, 0.1) is 6.92 Å². The van der Waals surface area contributed by atoms with Crippen molar-refractivity contribution in [3.05, 3.63) is 41.2 Å². The molecule has 160 valence electrons. The molecule has 0 fully saturated rings. The Kier molecular flexibility index (Phi) is 8.80. The average Bonchev–Trinajstić information content (AvgIpc) is 3.10. The third-order valence-electron chi connectivity index (χ3n) is 3.77. The highest BCUT2D eigenvalue weighted by molar-refractivity contribution is 7.90. The summed E-state index contributed by atoms with van der Waals surface area (Å²) in [7, 11) is -1.97. The van der Waals surface area contributed by atoms with Crippen LogP contribution in [-0.4, -0.2) is 66.9 Å². The number of benzene rings is 1. The van der Waals surface area contributed by atoms with Crippen molar-refractivity contribution in [2.75, 3.05) is 26.6 Å². The van der Waals surface area contributed by atoms with Crippen LogP contribution < -0.4 is 4.74 Å². The lowest BCUT2D eigenvalue weighted by Gasteiger charge is -2.15. The number of hydrogen-bond donors (Lipinski definition) is 2. The summed E-state index contributed by atoms with van der Waals surface area (Å²) in [4.78, 5) is 21.4. The van der Waals surface area contributed by atoms with E-state index < -0.39 is 16.0 Å². The van der Waals surface area contributed by atoms with E-state index in [1.165, 1.54) is 25.4 Å². The lowest BCUT2D eigenvalue weighted by Crippen LogP contribution is -2.12. The predicted molar refractivity (Wildman–Crippen MR) is 104 cm³/mol. The largest absolute Gasteiger partial charge is 0.503 e. The molecule has 0 unspecified atom stereocenters. The molecule has 0 aliphatic rings. The van der Waals surface area contributed by atoms with Crippen LogP contribution in [0.2, 0.25) is 0 Å². The summed E-state index contributed by atoms with van der Waals surface area (Å²) >= 11 is 0. The van der Waals surface area contributed by atoms with E-state index in [9.17, 15) is 13.2 Å². The first-order valence-electron chi connectivity index (χ1n) is 8.47. The number of aryl methyl sites for hydroxylation is 1. The van der Waals surface area contributed by atoms with Gasteiger partial charge in [-0.1, -0.05) is 0 Å². The lowest BCUT2D eigenvalue weighted by atomic mass is 10.0. The van der Waals surface area contributed by atoms with Gasteiger partial charge in [-0.25, -0.2) is 13.2 Å². The monoisotopic (exact) mass is 428 g/mol. The Morgan fingerprint density at radius 2 is 1.83 bits per heavy atom. The number of carboxylic acid groups (broad SMARTS) is 2. The molecule has 2 aromatic rings. The van der Waals surface area contributed by atoms with Gasteiger partial charge >= 0.3 is 6.16 Å². The van der Waals surface area contributed by atoms with Crippen LogP contribution in [0.5, 0.6) is 5.75 Å². The first-order valence-corrected chi connectivity index (χ1v) is 10.4. The molecule has 0 aliphatic carbocycles. The average molecular weight is 428 g/mol. The van der Waals surface area contributed by atoms with Gasteiger partial charge in [0.2, 0.25) is 0 Å². The molecule has 0 amide bonds. The summed E-state index contributed by atoms with van der Waals surface area (Å²) in [6.45, 7) is 4.75. The molecule has 0 spiro atoms. The Bertz CT molecular complexity index is 962. The van der Waals surface area contributed by atoms with E-state index in [0.29, 0.717) is 29.8 Å². The summed E-state index contributed by atoms with van der Waals surface area (Å²) in [6, 6.07) is 2.92. The van der Waals surface area contributed by atoms with Gasteiger partial charge in [-0.3, -0.25) is 9.48 Å². The molecule has 0 saturated heterocycles. The molecule has 1 aromatic carbocycles. The van der Waals surface area contributed by atoms with Gasteiger partial charge in [-0.15, -0.1) is 0 Å². The first-order chi connectivity index (χ1) is 13.5. The van der Waals surface area contributed by atoms with Crippen molar-refractivity contribution in [2.24, 2.45) is 0 Å². The number of sulfone groups is 1. The number of hydrogen-bond acceptors (Lipinski definition) is 7. The molecule has 0 atom stereocenters.